The number of likely N-dealkylation sites (tertiary alicyclic amines) is 1. The average molecular weight is 251 g/mol. The van der Waals surface area contributed by atoms with Crippen LogP contribution in [0.25, 0.3) is 0 Å². The van der Waals surface area contributed by atoms with Crippen molar-refractivity contribution in [1.82, 2.24) is 15.2 Å². The van der Waals surface area contributed by atoms with E-state index < -0.39 is 0 Å². The Morgan fingerprint density at radius 3 is 3.00 bits per heavy atom. The topological polar surface area (TPSA) is 28.2 Å². The molecule has 1 saturated heterocycles. The summed E-state index contributed by atoms with van der Waals surface area (Å²) < 4.78 is 0. The summed E-state index contributed by atoms with van der Waals surface area (Å²) in [4.78, 5) is 8.35. The number of hydrogen-bond donors (Lipinski definition) is 1. The molecule has 0 radical (unpaired) electrons. The predicted molar refractivity (Wildman–Crippen MR) is 71.3 cm³/mol. The van der Waals surface area contributed by atoms with Gasteiger partial charge in [0.1, 0.15) is 0 Å². The van der Waals surface area contributed by atoms with Crippen LogP contribution in [0.5, 0.6) is 0 Å². The smallest absolute Gasteiger partial charge is 0.0897 e. The summed E-state index contributed by atoms with van der Waals surface area (Å²) in [7, 11) is 0. The van der Waals surface area contributed by atoms with Gasteiger partial charge in [-0.3, -0.25) is 4.90 Å². The average Bonchev–Trinajstić information content (AvgIpc) is 2.95. The first-order valence-electron chi connectivity index (χ1n) is 6.63. The van der Waals surface area contributed by atoms with E-state index in [1.807, 2.05) is 6.20 Å². The van der Waals surface area contributed by atoms with Crippen molar-refractivity contribution in [3.05, 3.63) is 16.1 Å². The Hall–Kier alpha value is -0.450. The fraction of sp³-hybridized carbons (Fsp3) is 0.769. The van der Waals surface area contributed by atoms with Crippen molar-refractivity contribution in [2.24, 2.45) is 0 Å². The highest BCUT2D eigenvalue weighted by molar-refractivity contribution is 7.11. The summed E-state index contributed by atoms with van der Waals surface area (Å²) in [6.07, 6.45) is 6.15. The normalized spacial score (nSPS) is 30.0. The molecule has 1 saturated carbocycles. The van der Waals surface area contributed by atoms with Crippen molar-refractivity contribution < 1.29 is 0 Å². The minimum atomic E-state index is 0.674. The summed E-state index contributed by atoms with van der Waals surface area (Å²) in [5, 5.41) is 4.85. The fourth-order valence-corrected chi connectivity index (χ4v) is 3.60. The molecular formula is C13H21N3S. The number of nitrogens with one attached hydrogen (secondary N) is 1. The molecule has 3 nitrogen and oxygen atoms in total. The van der Waals surface area contributed by atoms with Crippen molar-refractivity contribution in [2.75, 3.05) is 6.54 Å². The van der Waals surface area contributed by atoms with Crippen molar-refractivity contribution in [2.45, 2.75) is 57.8 Å². The van der Waals surface area contributed by atoms with E-state index in [9.17, 15) is 0 Å². The van der Waals surface area contributed by atoms with Gasteiger partial charge < -0.3 is 5.32 Å². The minimum absolute atomic E-state index is 0.674. The number of nitrogens with zero attached hydrogens (tertiary/aromatic N) is 2. The Morgan fingerprint density at radius 2 is 2.35 bits per heavy atom. The highest BCUT2D eigenvalue weighted by atomic mass is 32.1. The molecule has 1 N–H and O–H groups in total. The van der Waals surface area contributed by atoms with E-state index in [0.29, 0.717) is 6.04 Å². The van der Waals surface area contributed by atoms with Gasteiger partial charge in [-0.15, -0.1) is 11.3 Å². The van der Waals surface area contributed by atoms with Gasteiger partial charge in [0.2, 0.25) is 0 Å². The Morgan fingerprint density at radius 1 is 1.53 bits per heavy atom. The zero-order valence-corrected chi connectivity index (χ0v) is 11.5. The predicted octanol–water partition coefficient (Wildman–Crippen LogP) is 2.17. The van der Waals surface area contributed by atoms with E-state index in [1.165, 1.54) is 35.7 Å². The van der Waals surface area contributed by atoms with Crippen LogP contribution in [0.3, 0.4) is 0 Å². The maximum atomic E-state index is 4.30. The number of rotatable bonds is 4. The summed E-state index contributed by atoms with van der Waals surface area (Å²) in [5.41, 5.74) is 0. The van der Waals surface area contributed by atoms with Crippen molar-refractivity contribution >= 4 is 11.3 Å². The lowest BCUT2D eigenvalue weighted by molar-refractivity contribution is 0.255. The lowest BCUT2D eigenvalue weighted by Gasteiger charge is -2.19. The van der Waals surface area contributed by atoms with Crippen LogP contribution in [-0.2, 0) is 6.54 Å². The van der Waals surface area contributed by atoms with Crippen molar-refractivity contribution in [1.29, 1.82) is 0 Å². The molecule has 4 heteroatoms. The zero-order valence-electron chi connectivity index (χ0n) is 10.6. The highest BCUT2D eigenvalue weighted by Crippen LogP contribution is 2.33. The molecular weight excluding hydrogens is 230 g/mol. The van der Waals surface area contributed by atoms with Crippen molar-refractivity contribution in [3.63, 3.8) is 0 Å². The van der Waals surface area contributed by atoms with E-state index in [2.05, 4.69) is 29.0 Å². The third-order valence-corrected chi connectivity index (χ3v) is 4.79. The van der Waals surface area contributed by atoms with Crippen LogP contribution in [0.2, 0.25) is 0 Å². The SMILES string of the molecule is Cc1ncc(CNC2CC(C)N(C3CC3)C2)s1. The lowest BCUT2D eigenvalue weighted by atomic mass is 10.2. The van der Waals surface area contributed by atoms with Crippen LogP contribution in [0.15, 0.2) is 6.20 Å². The van der Waals surface area contributed by atoms with Gasteiger partial charge in [0, 0.05) is 42.3 Å². The van der Waals surface area contributed by atoms with Crippen LogP contribution in [-0.4, -0.2) is 34.6 Å². The van der Waals surface area contributed by atoms with Crippen LogP contribution >= 0.6 is 11.3 Å². The van der Waals surface area contributed by atoms with E-state index in [1.54, 1.807) is 11.3 Å². The van der Waals surface area contributed by atoms with Gasteiger partial charge in [0.25, 0.3) is 0 Å². The molecule has 0 spiro atoms. The Bertz CT molecular complexity index is 386. The second kappa shape index (κ2) is 4.67. The van der Waals surface area contributed by atoms with Gasteiger partial charge in [0.15, 0.2) is 0 Å². The van der Waals surface area contributed by atoms with Gasteiger partial charge in [0.05, 0.1) is 5.01 Å². The van der Waals surface area contributed by atoms with Gasteiger partial charge in [-0.25, -0.2) is 4.98 Å². The zero-order chi connectivity index (χ0) is 11.8. The van der Waals surface area contributed by atoms with Gasteiger partial charge in [-0.2, -0.15) is 0 Å². The van der Waals surface area contributed by atoms with Gasteiger partial charge in [-0.1, -0.05) is 0 Å². The molecule has 1 aliphatic heterocycles. The molecule has 0 amide bonds. The van der Waals surface area contributed by atoms with Crippen LogP contribution in [0.1, 0.15) is 36.1 Å². The maximum absolute atomic E-state index is 4.30. The Balaban J connectivity index is 1.49. The summed E-state index contributed by atoms with van der Waals surface area (Å²) >= 11 is 1.80. The summed E-state index contributed by atoms with van der Waals surface area (Å²) in [6, 6.07) is 2.35. The van der Waals surface area contributed by atoms with Crippen LogP contribution < -0.4 is 5.32 Å². The molecule has 1 aromatic heterocycles. The molecule has 0 aromatic carbocycles. The second-order valence-corrected chi connectivity index (χ2v) is 6.76. The Kier molecular flexibility index (Phi) is 3.19. The third-order valence-electron chi connectivity index (χ3n) is 3.87. The van der Waals surface area contributed by atoms with Gasteiger partial charge in [-0.05, 0) is 33.1 Å². The minimum Gasteiger partial charge on any atom is -0.308 e. The first-order valence-corrected chi connectivity index (χ1v) is 7.44. The number of aryl methyl sites for hydroxylation is 1. The largest absolute Gasteiger partial charge is 0.308 e. The molecule has 2 fully saturated rings. The molecule has 3 rings (SSSR count). The van der Waals surface area contributed by atoms with E-state index in [-0.39, 0.29) is 0 Å². The molecule has 2 atom stereocenters. The van der Waals surface area contributed by atoms with Gasteiger partial charge >= 0.3 is 0 Å². The first-order chi connectivity index (χ1) is 8.22. The Labute approximate surface area is 107 Å². The molecule has 1 aromatic rings. The van der Waals surface area contributed by atoms with Crippen LogP contribution in [0, 0.1) is 6.92 Å². The molecule has 94 valence electrons. The van der Waals surface area contributed by atoms with Crippen molar-refractivity contribution in [3.8, 4) is 0 Å². The summed E-state index contributed by atoms with van der Waals surface area (Å²) in [5.74, 6) is 0. The van der Waals surface area contributed by atoms with Crippen LogP contribution in [0.4, 0.5) is 0 Å². The standard InChI is InChI=1S/C13H21N3S/c1-9-5-11(8-16(9)12-3-4-12)15-7-13-6-14-10(2)17-13/h6,9,11-12,15H,3-5,7-8H2,1-2H3. The number of hydrogen-bond acceptors (Lipinski definition) is 4. The molecule has 0 bridgehead atoms. The maximum Gasteiger partial charge on any atom is 0.0897 e. The number of aromatic nitrogens is 1. The molecule has 2 unspecified atom stereocenters. The molecule has 2 aliphatic rings. The van der Waals surface area contributed by atoms with E-state index >= 15 is 0 Å². The third kappa shape index (κ3) is 2.69. The van der Waals surface area contributed by atoms with E-state index in [4.69, 9.17) is 0 Å². The molecule has 2 heterocycles. The lowest BCUT2D eigenvalue weighted by Crippen LogP contribution is -2.33. The quantitative estimate of drug-likeness (QED) is 0.889. The first kappa shape index (κ1) is 11.6. The highest BCUT2D eigenvalue weighted by Gasteiger charge is 2.38. The molecule has 1 aliphatic carbocycles. The van der Waals surface area contributed by atoms with E-state index in [0.717, 1.165) is 18.6 Å². The molecule has 17 heavy (non-hydrogen) atoms. The second-order valence-electron chi connectivity index (χ2n) is 5.44. The summed E-state index contributed by atoms with van der Waals surface area (Å²) in [6.45, 7) is 6.67. The number of thiazole rings is 1. The fourth-order valence-electron chi connectivity index (χ4n) is 2.85. The monoisotopic (exact) mass is 251 g/mol.